The fourth-order valence-electron chi connectivity index (χ4n) is 1.42. The average molecular weight is 152 g/mol. The molecule has 0 amide bonds. The first-order chi connectivity index (χ1) is 5.33. The molecule has 11 heavy (non-hydrogen) atoms. The molecule has 1 saturated carbocycles. The van der Waals surface area contributed by atoms with Crippen molar-refractivity contribution in [1.29, 1.82) is 0 Å². The van der Waals surface area contributed by atoms with Gasteiger partial charge < -0.3 is 4.98 Å². The Labute approximate surface area is 65.1 Å². The van der Waals surface area contributed by atoms with Gasteiger partial charge in [0.25, 0.3) is 0 Å². The second-order valence-corrected chi connectivity index (χ2v) is 3.04. The van der Waals surface area contributed by atoms with E-state index in [9.17, 15) is 4.79 Å². The van der Waals surface area contributed by atoms with Crippen molar-refractivity contribution in [3.8, 4) is 0 Å². The maximum Gasteiger partial charge on any atom is 0.325 e. The zero-order chi connectivity index (χ0) is 7.84. The number of hydrogen-bond acceptors (Lipinski definition) is 1. The van der Waals surface area contributed by atoms with Crippen LogP contribution in [-0.2, 0) is 6.42 Å². The van der Waals surface area contributed by atoms with Crippen molar-refractivity contribution in [2.75, 3.05) is 0 Å². The lowest BCUT2D eigenvalue weighted by Gasteiger charge is -2.00. The van der Waals surface area contributed by atoms with E-state index in [2.05, 4.69) is 11.9 Å². The fourth-order valence-corrected chi connectivity index (χ4v) is 1.42. The van der Waals surface area contributed by atoms with Crippen molar-refractivity contribution in [1.82, 2.24) is 9.55 Å². The van der Waals surface area contributed by atoms with E-state index in [-0.39, 0.29) is 5.69 Å². The summed E-state index contributed by atoms with van der Waals surface area (Å²) in [5, 5.41) is 0. The largest absolute Gasteiger partial charge is 0.325 e. The molecular weight excluding hydrogens is 140 g/mol. The summed E-state index contributed by atoms with van der Waals surface area (Å²) in [6.07, 6.45) is 5.10. The van der Waals surface area contributed by atoms with Crippen LogP contribution in [0.3, 0.4) is 0 Å². The van der Waals surface area contributed by atoms with Gasteiger partial charge in [0.2, 0.25) is 0 Å². The molecule has 1 heterocycles. The second-order valence-electron chi connectivity index (χ2n) is 3.04. The lowest BCUT2D eigenvalue weighted by molar-refractivity contribution is 0.673. The Morgan fingerprint density at radius 3 is 3.00 bits per heavy atom. The Bertz CT molecular complexity index is 306. The number of hydrogen-bond donors (Lipinski definition) is 1. The van der Waals surface area contributed by atoms with E-state index < -0.39 is 0 Å². The third kappa shape index (κ3) is 1.00. The molecule has 0 saturated heterocycles. The highest BCUT2D eigenvalue weighted by Gasteiger charge is 2.26. The first-order valence-electron chi connectivity index (χ1n) is 4.11. The maximum atomic E-state index is 11.2. The molecular formula is C8H12N2O. The fraction of sp³-hybridized carbons (Fsp3) is 0.625. The van der Waals surface area contributed by atoms with E-state index in [1.807, 2.05) is 10.8 Å². The molecule has 0 atom stereocenters. The van der Waals surface area contributed by atoms with Gasteiger partial charge in [0, 0.05) is 17.9 Å². The van der Waals surface area contributed by atoms with Gasteiger partial charge in [-0.2, -0.15) is 0 Å². The number of imidazole rings is 1. The molecule has 3 nitrogen and oxygen atoms in total. The van der Waals surface area contributed by atoms with Crippen molar-refractivity contribution < 1.29 is 0 Å². The molecule has 1 fully saturated rings. The molecule has 1 aromatic heterocycles. The Kier molecular flexibility index (Phi) is 1.37. The third-order valence-electron chi connectivity index (χ3n) is 2.16. The first-order valence-corrected chi connectivity index (χ1v) is 4.11. The van der Waals surface area contributed by atoms with Gasteiger partial charge in [0.1, 0.15) is 0 Å². The normalized spacial score (nSPS) is 17.2. The molecule has 0 bridgehead atoms. The number of aryl methyl sites for hydroxylation is 1. The van der Waals surface area contributed by atoms with Crippen LogP contribution in [0.25, 0.3) is 0 Å². The van der Waals surface area contributed by atoms with Crippen LogP contribution in [0.15, 0.2) is 11.0 Å². The number of rotatable bonds is 2. The number of nitrogens with one attached hydrogen (secondary N) is 1. The third-order valence-corrected chi connectivity index (χ3v) is 2.16. The maximum absolute atomic E-state index is 11.2. The van der Waals surface area contributed by atoms with Gasteiger partial charge in [-0.15, -0.1) is 0 Å². The number of aromatic nitrogens is 2. The molecule has 0 radical (unpaired) electrons. The van der Waals surface area contributed by atoms with Crippen LogP contribution in [-0.4, -0.2) is 9.55 Å². The Balaban J connectivity index is 2.46. The van der Waals surface area contributed by atoms with Gasteiger partial charge in [-0.05, 0) is 19.3 Å². The molecule has 1 aliphatic carbocycles. The van der Waals surface area contributed by atoms with Crippen LogP contribution in [0.4, 0.5) is 0 Å². The summed E-state index contributed by atoms with van der Waals surface area (Å²) >= 11 is 0. The lowest BCUT2D eigenvalue weighted by atomic mass is 10.3. The molecule has 60 valence electrons. The molecule has 3 heteroatoms. The smallest absolute Gasteiger partial charge is 0.312 e. The molecule has 1 aromatic rings. The highest BCUT2D eigenvalue weighted by molar-refractivity contribution is 5.03. The van der Waals surface area contributed by atoms with E-state index in [0.29, 0.717) is 6.04 Å². The van der Waals surface area contributed by atoms with Gasteiger partial charge in [0.15, 0.2) is 0 Å². The Morgan fingerprint density at radius 1 is 1.73 bits per heavy atom. The predicted molar refractivity (Wildman–Crippen MR) is 42.7 cm³/mol. The molecule has 1 N–H and O–H groups in total. The number of aromatic amines is 1. The second kappa shape index (κ2) is 2.26. The summed E-state index contributed by atoms with van der Waals surface area (Å²) < 4.78 is 1.89. The van der Waals surface area contributed by atoms with Gasteiger partial charge in [-0.1, -0.05) is 6.92 Å². The molecule has 0 aromatic carbocycles. The molecule has 0 spiro atoms. The van der Waals surface area contributed by atoms with Gasteiger partial charge in [-0.25, -0.2) is 4.79 Å². The van der Waals surface area contributed by atoms with Crippen LogP contribution >= 0.6 is 0 Å². The zero-order valence-corrected chi connectivity index (χ0v) is 6.63. The molecule has 2 rings (SSSR count). The molecule has 1 aliphatic rings. The first kappa shape index (κ1) is 6.70. The quantitative estimate of drug-likeness (QED) is 0.676. The highest BCUT2D eigenvalue weighted by Crippen LogP contribution is 2.34. The van der Waals surface area contributed by atoms with Crippen LogP contribution in [0, 0.1) is 0 Å². The molecule has 0 aliphatic heterocycles. The summed E-state index contributed by atoms with van der Waals surface area (Å²) in [5.74, 6) is 0. The van der Waals surface area contributed by atoms with Gasteiger partial charge in [-0.3, -0.25) is 4.57 Å². The summed E-state index contributed by atoms with van der Waals surface area (Å²) in [6, 6.07) is 0.503. The standard InChI is InChI=1S/C8H12N2O/c1-2-6-5-9-8(11)10(6)7-3-4-7/h5,7H,2-4H2,1H3,(H,9,11). The Hall–Kier alpha value is -0.990. The van der Waals surface area contributed by atoms with Crippen LogP contribution in [0.5, 0.6) is 0 Å². The minimum Gasteiger partial charge on any atom is -0.312 e. The van der Waals surface area contributed by atoms with E-state index in [1.54, 1.807) is 0 Å². The topological polar surface area (TPSA) is 37.8 Å². The number of nitrogens with zero attached hydrogens (tertiary/aromatic N) is 1. The highest BCUT2D eigenvalue weighted by atomic mass is 16.1. The Morgan fingerprint density at radius 2 is 2.45 bits per heavy atom. The average Bonchev–Trinajstić information content (AvgIpc) is 2.76. The van der Waals surface area contributed by atoms with Crippen molar-refractivity contribution in [2.24, 2.45) is 0 Å². The minimum absolute atomic E-state index is 0.0596. The lowest BCUT2D eigenvalue weighted by Crippen LogP contribution is -2.17. The van der Waals surface area contributed by atoms with Gasteiger partial charge in [0.05, 0.1) is 0 Å². The zero-order valence-electron chi connectivity index (χ0n) is 6.63. The van der Waals surface area contributed by atoms with Crippen LogP contribution in [0.1, 0.15) is 31.5 Å². The molecule has 0 unspecified atom stereocenters. The SMILES string of the molecule is CCc1c[nH]c(=O)n1C1CC1. The van der Waals surface area contributed by atoms with Crippen molar-refractivity contribution >= 4 is 0 Å². The van der Waals surface area contributed by atoms with Crippen molar-refractivity contribution in [3.63, 3.8) is 0 Å². The van der Waals surface area contributed by atoms with E-state index in [4.69, 9.17) is 0 Å². The monoisotopic (exact) mass is 152 g/mol. The summed E-state index contributed by atoms with van der Waals surface area (Å²) in [7, 11) is 0. The summed E-state index contributed by atoms with van der Waals surface area (Å²) in [5.41, 5.74) is 1.20. The van der Waals surface area contributed by atoms with Crippen molar-refractivity contribution in [3.05, 3.63) is 22.4 Å². The minimum atomic E-state index is 0.0596. The predicted octanol–water partition coefficient (Wildman–Crippen LogP) is 1.07. The van der Waals surface area contributed by atoms with Crippen molar-refractivity contribution in [2.45, 2.75) is 32.2 Å². The summed E-state index contributed by atoms with van der Waals surface area (Å²) in [6.45, 7) is 2.07. The summed E-state index contributed by atoms with van der Waals surface area (Å²) in [4.78, 5) is 13.9. The van der Waals surface area contributed by atoms with Crippen LogP contribution in [0.2, 0.25) is 0 Å². The van der Waals surface area contributed by atoms with E-state index >= 15 is 0 Å². The van der Waals surface area contributed by atoms with E-state index in [1.165, 1.54) is 12.8 Å². The van der Waals surface area contributed by atoms with Crippen LogP contribution < -0.4 is 5.69 Å². The van der Waals surface area contributed by atoms with Gasteiger partial charge >= 0.3 is 5.69 Å². The number of H-pyrrole nitrogens is 1. The van der Waals surface area contributed by atoms with E-state index in [0.717, 1.165) is 12.1 Å².